The molecule has 3 rings (SSSR count). The highest BCUT2D eigenvalue weighted by Crippen LogP contribution is 2.35. The van der Waals surface area contributed by atoms with Crippen LogP contribution in [0.15, 0.2) is 24.3 Å². The Balaban J connectivity index is 1.64. The van der Waals surface area contributed by atoms with E-state index in [2.05, 4.69) is 10.6 Å². The van der Waals surface area contributed by atoms with Crippen molar-refractivity contribution in [3.8, 4) is 0 Å². The lowest BCUT2D eigenvalue weighted by Crippen LogP contribution is -2.48. The maximum Gasteiger partial charge on any atom is 0.230 e. The zero-order valence-corrected chi connectivity index (χ0v) is 14.2. The van der Waals surface area contributed by atoms with E-state index >= 15 is 0 Å². The molecule has 2 N–H and O–H groups in total. The molecule has 1 amide bonds. The molecule has 2 heterocycles. The number of halogens is 1. The van der Waals surface area contributed by atoms with Gasteiger partial charge in [0.1, 0.15) is 5.82 Å². The van der Waals surface area contributed by atoms with Crippen LogP contribution in [-0.4, -0.2) is 38.8 Å². The first kappa shape index (κ1) is 17.4. The molecule has 0 aliphatic carbocycles. The lowest BCUT2D eigenvalue weighted by Gasteiger charge is -2.36. The summed E-state index contributed by atoms with van der Waals surface area (Å²) in [7, 11) is 0. The summed E-state index contributed by atoms with van der Waals surface area (Å²) in [6.07, 6.45) is 4.76. The van der Waals surface area contributed by atoms with Gasteiger partial charge in [0.05, 0.1) is 5.41 Å². The molecular weight excluding hydrogens is 307 g/mol. The summed E-state index contributed by atoms with van der Waals surface area (Å²) in [5.74, 6) is 0.433. The Morgan fingerprint density at radius 2 is 2.04 bits per heavy atom. The largest absolute Gasteiger partial charge is 0.381 e. The van der Waals surface area contributed by atoms with Gasteiger partial charge < -0.3 is 15.4 Å². The van der Waals surface area contributed by atoms with E-state index in [1.165, 1.54) is 25.0 Å². The van der Waals surface area contributed by atoms with Crippen molar-refractivity contribution < 1.29 is 13.9 Å². The Morgan fingerprint density at radius 3 is 2.71 bits per heavy atom. The Hall–Kier alpha value is -1.46. The quantitative estimate of drug-likeness (QED) is 0.869. The van der Waals surface area contributed by atoms with Gasteiger partial charge in [0.2, 0.25) is 5.91 Å². The summed E-state index contributed by atoms with van der Waals surface area (Å²) in [5.41, 5.74) is 0.306. The minimum Gasteiger partial charge on any atom is -0.381 e. The van der Waals surface area contributed by atoms with Gasteiger partial charge in [-0.05, 0) is 68.8 Å². The lowest BCUT2D eigenvalue weighted by atomic mass is 9.73. The molecule has 1 aromatic rings. The second kappa shape index (κ2) is 8.08. The predicted octanol–water partition coefficient (Wildman–Crippen LogP) is 2.38. The molecule has 5 heteroatoms. The van der Waals surface area contributed by atoms with E-state index in [9.17, 15) is 9.18 Å². The smallest absolute Gasteiger partial charge is 0.230 e. The van der Waals surface area contributed by atoms with Gasteiger partial charge in [-0.2, -0.15) is 0 Å². The molecule has 1 unspecified atom stereocenters. The maximum atomic E-state index is 13.3. The van der Waals surface area contributed by atoms with Crippen molar-refractivity contribution in [3.05, 3.63) is 35.6 Å². The maximum absolute atomic E-state index is 13.3. The molecule has 132 valence electrons. The molecule has 0 bridgehead atoms. The Morgan fingerprint density at radius 1 is 1.29 bits per heavy atom. The van der Waals surface area contributed by atoms with Crippen LogP contribution in [0.1, 0.15) is 37.7 Å². The number of carbonyl (C=O) groups is 1. The summed E-state index contributed by atoms with van der Waals surface area (Å²) in [5, 5.41) is 6.55. The summed E-state index contributed by atoms with van der Waals surface area (Å²) in [4.78, 5) is 13.0. The van der Waals surface area contributed by atoms with Gasteiger partial charge in [0.15, 0.2) is 0 Å². The van der Waals surface area contributed by atoms with Crippen LogP contribution < -0.4 is 10.6 Å². The first-order chi connectivity index (χ1) is 11.7. The average Bonchev–Trinajstić information content (AvgIpc) is 2.63. The molecule has 2 aliphatic heterocycles. The first-order valence-electron chi connectivity index (χ1n) is 9.03. The number of amides is 1. The fraction of sp³-hybridized carbons (Fsp3) is 0.632. The highest BCUT2D eigenvalue weighted by Gasteiger charge is 2.41. The van der Waals surface area contributed by atoms with Gasteiger partial charge in [-0.15, -0.1) is 0 Å². The molecule has 4 nitrogen and oxygen atoms in total. The Kier molecular flexibility index (Phi) is 5.85. The van der Waals surface area contributed by atoms with Crippen LogP contribution in [0.2, 0.25) is 0 Å². The Labute approximate surface area is 143 Å². The zero-order valence-electron chi connectivity index (χ0n) is 14.2. The topological polar surface area (TPSA) is 50.4 Å². The second-order valence-electron chi connectivity index (χ2n) is 6.96. The molecule has 2 saturated heterocycles. The third-order valence-electron chi connectivity index (χ3n) is 5.41. The lowest BCUT2D eigenvalue weighted by molar-refractivity contribution is -0.130. The molecule has 0 radical (unpaired) electrons. The molecule has 1 atom stereocenters. The van der Waals surface area contributed by atoms with Crippen LogP contribution in [0.5, 0.6) is 0 Å². The van der Waals surface area contributed by atoms with Gasteiger partial charge in [0.25, 0.3) is 0 Å². The fourth-order valence-corrected chi connectivity index (χ4v) is 3.87. The summed E-state index contributed by atoms with van der Waals surface area (Å²) >= 11 is 0. The van der Waals surface area contributed by atoms with Gasteiger partial charge in [-0.3, -0.25) is 4.79 Å². The summed E-state index contributed by atoms with van der Waals surface area (Å²) in [6.45, 7) is 3.99. The molecule has 0 aromatic heterocycles. The van der Waals surface area contributed by atoms with Gasteiger partial charge in [0, 0.05) is 19.8 Å². The highest BCUT2D eigenvalue weighted by molar-refractivity contribution is 5.88. The van der Waals surface area contributed by atoms with Crippen molar-refractivity contribution in [1.82, 2.24) is 10.6 Å². The molecule has 2 aliphatic rings. The monoisotopic (exact) mass is 334 g/mol. The average molecular weight is 334 g/mol. The Bertz CT molecular complexity index is 535. The van der Waals surface area contributed by atoms with Crippen LogP contribution in [0, 0.1) is 11.7 Å². The number of ether oxygens (including phenoxy) is 1. The molecular formula is C19H27FN2O2. The minimum atomic E-state index is -0.587. The fourth-order valence-electron chi connectivity index (χ4n) is 3.87. The van der Waals surface area contributed by atoms with E-state index in [1.54, 1.807) is 12.1 Å². The normalized spacial score (nSPS) is 23.6. The van der Waals surface area contributed by atoms with Crippen LogP contribution in [-0.2, 0) is 14.9 Å². The minimum absolute atomic E-state index is 0.0566. The number of rotatable bonds is 5. The van der Waals surface area contributed by atoms with E-state index in [1.807, 2.05) is 0 Å². The van der Waals surface area contributed by atoms with Crippen LogP contribution >= 0.6 is 0 Å². The predicted molar refractivity (Wildman–Crippen MR) is 91.4 cm³/mol. The van der Waals surface area contributed by atoms with E-state index in [0.717, 1.165) is 25.1 Å². The van der Waals surface area contributed by atoms with Gasteiger partial charge in [-0.1, -0.05) is 12.1 Å². The van der Waals surface area contributed by atoms with Crippen molar-refractivity contribution in [2.24, 2.45) is 5.92 Å². The molecule has 0 saturated carbocycles. The molecule has 2 fully saturated rings. The standard InChI is InChI=1S/C19H27FN2O2/c20-17-5-3-16(4-6-17)19(8-12-24-13-9-19)18(23)22-11-7-15-2-1-10-21-14-15/h3-6,15,21H,1-2,7-14H2,(H,22,23). The van der Waals surface area contributed by atoms with E-state index in [4.69, 9.17) is 4.74 Å². The molecule has 0 spiro atoms. The van der Waals surface area contributed by atoms with Crippen molar-refractivity contribution in [2.75, 3.05) is 32.8 Å². The van der Waals surface area contributed by atoms with Gasteiger partial charge in [-0.25, -0.2) is 4.39 Å². The number of benzene rings is 1. The van der Waals surface area contributed by atoms with Crippen molar-refractivity contribution in [3.63, 3.8) is 0 Å². The number of piperidine rings is 1. The third kappa shape index (κ3) is 3.95. The molecule has 24 heavy (non-hydrogen) atoms. The number of hydrogen-bond acceptors (Lipinski definition) is 3. The van der Waals surface area contributed by atoms with E-state index in [0.29, 0.717) is 38.5 Å². The number of carbonyl (C=O) groups excluding carboxylic acids is 1. The highest BCUT2D eigenvalue weighted by atomic mass is 19.1. The number of hydrogen-bond donors (Lipinski definition) is 2. The van der Waals surface area contributed by atoms with Gasteiger partial charge >= 0.3 is 0 Å². The summed E-state index contributed by atoms with van der Waals surface area (Å²) in [6, 6.07) is 6.36. The van der Waals surface area contributed by atoms with Crippen molar-refractivity contribution >= 4 is 5.91 Å². The van der Waals surface area contributed by atoms with Crippen molar-refractivity contribution in [2.45, 2.75) is 37.5 Å². The van der Waals surface area contributed by atoms with Crippen LogP contribution in [0.25, 0.3) is 0 Å². The number of nitrogens with one attached hydrogen (secondary N) is 2. The van der Waals surface area contributed by atoms with E-state index < -0.39 is 5.41 Å². The van der Waals surface area contributed by atoms with E-state index in [-0.39, 0.29) is 11.7 Å². The summed E-state index contributed by atoms with van der Waals surface area (Å²) < 4.78 is 18.7. The molecule has 1 aromatic carbocycles. The zero-order chi connectivity index (χ0) is 16.8. The SMILES string of the molecule is O=C(NCCC1CCCNC1)C1(c2ccc(F)cc2)CCOCC1. The van der Waals surface area contributed by atoms with Crippen molar-refractivity contribution in [1.29, 1.82) is 0 Å². The van der Waals surface area contributed by atoms with Crippen LogP contribution in [0.4, 0.5) is 4.39 Å². The van der Waals surface area contributed by atoms with Crippen LogP contribution in [0.3, 0.4) is 0 Å². The second-order valence-corrected chi connectivity index (χ2v) is 6.96. The first-order valence-corrected chi connectivity index (χ1v) is 9.03. The third-order valence-corrected chi connectivity index (χ3v) is 5.41.